The predicted octanol–water partition coefficient (Wildman–Crippen LogP) is -0.598. The summed E-state index contributed by atoms with van der Waals surface area (Å²) in [5.74, 6) is -0.293. The molecule has 0 aliphatic carbocycles. The molecule has 0 saturated heterocycles. The Balaban J connectivity index is 4.27. The van der Waals surface area contributed by atoms with Gasteiger partial charge < -0.3 is 10.5 Å². The van der Waals surface area contributed by atoms with Gasteiger partial charge in [0.25, 0.3) is 0 Å². The third kappa shape index (κ3) is 1.80. The van der Waals surface area contributed by atoms with E-state index in [0.717, 1.165) is 0 Å². The number of aldehydes is 1. The number of thiol groups is 1. The van der Waals surface area contributed by atoms with Crippen LogP contribution in [0.4, 0.5) is 0 Å². The van der Waals surface area contributed by atoms with E-state index >= 15 is 0 Å². The molecule has 9 heavy (non-hydrogen) atoms. The van der Waals surface area contributed by atoms with Gasteiger partial charge >= 0.3 is 0 Å². The zero-order valence-corrected chi connectivity index (χ0v) is 6.02. The number of ketones is 1. The third-order valence-corrected chi connectivity index (χ3v) is 1.65. The molecule has 0 spiro atoms. The highest BCUT2D eigenvalue weighted by Gasteiger charge is 2.27. The molecule has 0 bridgehead atoms. The van der Waals surface area contributed by atoms with E-state index in [1.807, 2.05) is 0 Å². The van der Waals surface area contributed by atoms with Crippen molar-refractivity contribution in [1.29, 1.82) is 0 Å². The minimum Gasteiger partial charge on any atom is -0.312 e. The molecular weight excluding hydrogens is 138 g/mol. The van der Waals surface area contributed by atoms with Crippen LogP contribution >= 0.6 is 12.6 Å². The zero-order valence-electron chi connectivity index (χ0n) is 5.13. The van der Waals surface area contributed by atoms with Gasteiger partial charge in [-0.2, -0.15) is 12.6 Å². The van der Waals surface area contributed by atoms with Crippen LogP contribution in [-0.4, -0.2) is 23.4 Å². The van der Waals surface area contributed by atoms with E-state index < -0.39 is 5.54 Å². The first-order valence-corrected chi connectivity index (χ1v) is 3.07. The van der Waals surface area contributed by atoms with Crippen molar-refractivity contribution in [3.63, 3.8) is 0 Å². The van der Waals surface area contributed by atoms with Crippen LogP contribution in [0.15, 0.2) is 0 Å². The summed E-state index contributed by atoms with van der Waals surface area (Å²) in [5, 5.41) is 0. The van der Waals surface area contributed by atoms with E-state index in [0.29, 0.717) is 6.29 Å². The minimum absolute atomic E-state index is 0.0613. The second kappa shape index (κ2) is 2.98. The molecule has 52 valence electrons. The molecule has 3 nitrogen and oxygen atoms in total. The molecule has 0 aromatic rings. The minimum atomic E-state index is -1.37. The van der Waals surface area contributed by atoms with Gasteiger partial charge in [-0.3, -0.25) is 4.79 Å². The van der Waals surface area contributed by atoms with Crippen LogP contribution in [0.3, 0.4) is 0 Å². The molecule has 0 rings (SSSR count). The van der Waals surface area contributed by atoms with Crippen LogP contribution < -0.4 is 5.73 Å². The molecule has 0 aliphatic rings. The molecule has 0 radical (unpaired) electrons. The fraction of sp³-hybridized carbons (Fsp3) is 0.600. The first kappa shape index (κ1) is 8.65. The Morgan fingerprint density at radius 3 is 2.33 bits per heavy atom. The molecule has 0 aliphatic heterocycles. The molecule has 0 heterocycles. The predicted molar refractivity (Wildman–Crippen MR) is 37.5 cm³/mol. The normalized spacial score (nSPS) is 16.3. The van der Waals surface area contributed by atoms with Crippen LogP contribution in [-0.2, 0) is 9.59 Å². The molecular formula is C5H9NO2S. The van der Waals surface area contributed by atoms with E-state index in [1.165, 1.54) is 6.92 Å². The van der Waals surface area contributed by atoms with E-state index in [-0.39, 0.29) is 11.5 Å². The van der Waals surface area contributed by atoms with Gasteiger partial charge in [-0.25, -0.2) is 0 Å². The van der Waals surface area contributed by atoms with Crippen molar-refractivity contribution in [2.45, 2.75) is 12.5 Å². The largest absolute Gasteiger partial charge is 0.312 e. The van der Waals surface area contributed by atoms with Crippen LogP contribution in [0.2, 0.25) is 0 Å². The Morgan fingerprint density at radius 2 is 2.33 bits per heavy atom. The summed E-state index contributed by atoms with van der Waals surface area (Å²) >= 11 is 3.74. The quantitative estimate of drug-likeness (QED) is 0.318. The number of carbonyl (C=O) groups is 2. The third-order valence-electron chi connectivity index (χ3n) is 1.13. The van der Waals surface area contributed by atoms with Crippen LogP contribution in [0.25, 0.3) is 0 Å². The summed E-state index contributed by atoms with van der Waals surface area (Å²) < 4.78 is 0. The number of Topliss-reactive ketones (excluding diaryl/α,β-unsaturated/α-hetero) is 1. The average molecular weight is 147 g/mol. The molecule has 2 N–H and O–H groups in total. The van der Waals surface area contributed by atoms with E-state index in [1.54, 1.807) is 0 Å². The summed E-state index contributed by atoms with van der Waals surface area (Å²) in [7, 11) is 0. The van der Waals surface area contributed by atoms with Gasteiger partial charge in [0.15, 0.2) is 5.78 Å². The van der Waals surface area contributed by atoms with E-state index in [9.17, 15) is 9.59 Å². The molecule has 1 atom stereocenters. The fourth-order valence-corrected chi connectivity index (χ4v) is 0.529. The van der Waals surface area contributed by atoms with E-state index in [2.05, 4.69) is 12.6 Å². The first-order chi connectivity index (χ1) is 4.06. The average Bonchev–Trinajstić information content (AvgIpc) is 1.86. The molecule has 0 amide bonds. The highest BCUT2D eigenvalue weighted by atomic mass is 32.1. The van der Waals surface area contributed by atoms with Crippen molar-refractivity contribution < 1.29 is 9.59 Å². The van der Waals surface area contributed by atoms with Crippen LogP contribution in [0.5, 0.6) is 0 Å². The lowest BCUT2D eigenvalue weighted by Crippen LogP contribution is -2.50. The van der Waals surface area contributed by atoms with Crippen molar-refractivity contribution in [2.24, 2.45) is 5.73 Å². The molecule has 0 unspecified atom stereocenters. The summed E-state index contributed by atoms with van der Waals surface area (Å²) in [6, 6.07) is 0. The fourth-order valence-electron chi connectivity index (χ4n) is 0.232. The Kier molecular flexibility index (Phi) is 2.87. The summed E-state index contributed by atoms with van der Waals surface area (Å²) in [5.41, 5.74) is 3.87. The second-order valence-electron chi connectivity index (χ2n) is 1.87. The molecule has 0 aromatic heterocycles. The van der Waals surface area contributed by atoms with Gasteiger partial charge in [-0.1, -0.05) is 0 Å². The van der Waals surface area contributed by atoms with Gasteiger partial charge in [0.1, 0.15) is 11.8 Å². The summed E-state index contributed by atoms with van der Waals surface area (Å²) in [4.78, 5) is 20.6. The van der Waals surface area contributed by atoms with Crippen molar-refractivity contribution in [2.75, 3.05) is 5.75 Å². The maximum atomic E-state index is 10.5. The first-order valence-electron chi connectivity index (χ1n) is 2.44. The van der Waals surface area contributed by atoms with Crippen LogP contribution in [0, 0.1) is 0 Å². The lowest BCUT2D eigenvalue weighted by molar-refractivity contribution is -0.126. The Labute approximate surface area is 59.0 Å². The highest BCUT2D eigenvalue weighted by molar-refractivity contribution is 7.80. The molecule has 4 heteroatoms. The second-order valence-corrected chi connectivity index (χ2v) is 2.19. The van der Waals surface area contributed by atoms with Gasteiger partial charge in [-0.15, -0.1) is 0 Å². The highest BCUT2D eigenvalue weighted by Crippen LogP contribution is 1.99. The van der Waals surface area contributed by atoms with Crippen molar-refractivity contribution >= 4 is 24.7 Å². The Morgan fingerprint density at radius 1 is 1.89 bits per heavy atom. The van der Waals surface area contributed by atoms with Crippen molar-refractivity contribution in [3.05, 3.63) is 0 Å². The number of carbonyl (C=O) groups excluding carboxylic acids is 2. The monoisotopic (exact) mass is 147 g/mol. The number of rotatable bonds is 3. The van der Waals surface area contributed by atoms with Crippen LogP contribution in [0.1, 0.15) is 6.92 Å². The lowest BCUT2D eigenvalue weighted by atomic mass is 10.0. The topological polar surface area (TPSA) is 60.2 Å². The van der Waals surface area contributed by atoms with Crippen molar-refractivity contribution in [1.82, 2.24) is 0 Å². The van der Waals surface area contributed by atoms with Gasteiger partial charge in [0.2, 0.25) is 0 Å². The standard InChI is InChI=1S/C5H9NO2S/c1-4(8)5(6,2-7)3-9/h2,9H,3,6H2,1H3/t5-/m1/s1. The summed E-state index contributed by atoms with van der Waals surface area (Å²) in [6.45, 7) is 1.27. The molecule has 0 saturated carbocycles. The smallest absolute Gasteiger partial charge is 0.157 e. The maximum Gasteiger partial charge on any atom is 0.157 e. The Hall–Kier alpha value is -0.350. The zero-order chi connectivity index (χ0) is 7.49. The molecule has 0 fully saturated rings. The lowest BCUT2D eigenvalue weighted by Gasteiger charge is -2.14. The summed E-state index contributed by atoms with van der Waals surface area (Å²) in [6.07, 6.45) is 0.419. The van der Waals surface area contributed by atoms with Gasteiger partial charge in [-0.05, 0) is 6.92 Å². The number of hydrogen-bond acceptors (Lipinski definition) is 4. The Bertz CT molecular complexity index is 137. The number of hydrogen-bond donors (Lipinski definition) is 2. The van der Waals surface area contributed by atoms with Gasteiger partial charge in [0, 0.05) is 5.75 Å². The van der Waals surface area contributed by atoms with E-state index in [4.69, 9.17) is 5.73 Å². The number of nitrogens with two attached hydrogens (primary N) is 1. The van der Waals surface area contributed by atoms with Crippen molar-refractivity contribution in [3.8, 4) is 0 Å². The SMILES string of the molecule is CC(=O)[C@@](N)(C=O)CS. The van der Waals surface area contributed by atoms with Gasteiger partial charge in [0.05, 0.1) is 0 Å². The molecule has 0 aromatic carbocycles. The maximum absolute atomic E-state index is 10.5.